The Hall–Kier alpha value is -2.00. The molecule has 4 heteroatoms. The van der Waals surface area contributed by atoms with Gasteiger partial charge in [-0.3, -0.25) is 0 Å². The second kappa shape index (κ2) is 5.55. The summed E-state index contributed by atoms with van der Waals surface area (Å²) in [7, 11) is 2.01. The van der Waals surface area contributed by atoms with Gasteiger partial charge >= 0.3 is 0 Å². The van der Waals surface area contributed by atoms with Crippen LogP contribution < -0.4 is 4.90 Å². The molecule has 0 bridgehead atoms. The van der Waals surface area contributed by atoms with Crippen molar-refractivity contribution in [2.45, 2.75) is 12.4 Å². The maximum atomic E-state index is 5.98. The Morgan fingerprint density at radius 1 is 1.15 bits per heavy atom. The molecule has 0 aliphatic carbocycles. The van der Waals surface area contributed by atoms with Crippen LogP contribution in [0.3, 0.4) is 0 Å². The van der Waals surface area contributed by atoms with Crippen molar-refractivity contribution in [1.29, 1.82) is 0 Å². The Labute approximate surface area is 122 Å². The smallest absolute Gasteiger partial charge is 0.136 e. The first-order valence-corrected chi connectivity index (χ1v) is 6.99. The Morgan fingerprint density at radius 3 is 2.65 bits per heavy atom. The van der Waals surface area contributed by atoms with E-state index in [-0.39, 0.29) is 0 Å². The number of hydrogen-bond acceptors (Lipinski definition) is 3. The van der Waals surface area contributed by atoms with E-state index in [1.807, 2.05) is 37.5 Å². The number of benzene rings is 1. The molecule has 0 saturated carbocycles. The number of rotatable bonds is 4. The molecule has 0 fully saturated rings. The molecule has 1 aromatic carbocycles. The first-order chi connectivity index (χ1) is 9.79. The van der Waals surface area contributed by atoms with Crippen molar-refractivity contribution in [3.8, 4) is 0 Å². The summed E-state index contributed by atoms with van der Waals surface area (Å²) in [5, 5.41) is 2.26. The summed E-state index contributed by atoms with van der Waals surface area (Å²) in [6.07, 6.45) is 3.54. The van der Waals surface area contributed by atoms with Crippen molar-refractivity contribution in [3.05, 3.63) is 60.2 Å². The van der Waals surface area contributed by atoms with Crippen LogP contribution >= 0.6 is 11.6 Å². The van der Waals surface area contributed by atoms with Gasteiger partial charge < -0.3 is 9.32 Å². The van der Waals surface area contributed by atoms with Crippen molar-refractivity contribution in [2.24, 2.45) is 0 Å². The average molecular weight is 287 g/mol. The highest BCUT2D eigenvalue weighted by atomic mass is 35.5. The first kappa shape index (κ1) is 13.0. The molecule has 2 aromatic heterocycles. The van der Waals surface area contributed by atoms with Gasteiger partial charge in [0.2, 0.25) is 0 Å². The lowest BCUT2D eigenvalue weighted by atomic mass is 10.1. The van der Waals surface area contributed by atoms with Gasteiger partial charge in [0.25, 0.3) is 0 Å². The molecule has 0 aliphatic heterocycles. The van der Waals surface area contributed by atoms with E-state index >= 15 is 0 Å². The number of aromatic nitrogens is 1. The molecule has 20 heavy (non-hydrogen) atoms. The van der Waals surface area contributed by atoms with Crippen LogP contribution in [0.25, 0.3) is 10.8 Å². The number of furan rings is 1. The van der Waals surface area contributed by atoms with Crippen molar-refractivity contribution in [2.75, 3.05) is 11.9 Å². The number of nitrogens with zero attached hydrogens (tertiary/aromatic N) is 2. The number of alkyl halides is 1. The van der Waals surface area contributed by atoms with E-state index in [2.05, 4.69) is 22.0 Å². The molecule has 0 saturated heterocycles. The zero-order valence-corrected chi connectivity index (χ0v) is 12.0. The summed E-state index contributed by atoms with van der Waals surface area (Å²) in [5.41, 5.74) is 1.05. The van der Waals surface area contributed by atoms with Crippen molar-refractivity contribution < 1.29 is 4.42 Å². The van der Waals surface area contributed by atoms with Crippen LogP contribution in [0.1, 0.15) is 11.3 Å². The van der Waals surface area contributed by atoms with E-state index in [1.165, 1.54) is 0 Å². The monoisotopic (exact) mass is 286 g/mol. The quantitative estimate of drug-likeness (QED) is 0.673. The third-order valence-corrected chi connectivity index (χ3v) is 3.62. The van der Waals surface area contributed by atoms with Gasteiger partial charge in [0.15, 0.2) is 0 Å². The lowest BCUT2D eigenvalue weighted by Crippen LogP contribution is -2.17. The third-order valence-electron chi connectivity index (χ3n) is 3.34. The molecule has 0 atom stereocenters. The molecule has 0 N–H and O–H groups in total. The Bertz CT molecular complexity index is 710. The first-order valence-electron chi connectivity index (χ1n) is 6.45. The molecular formula is C16H15ClN2O. The molecule has 3 aromatic rings. The minimum Gasteiger partial charge on any atom is -0.467 e. The van der Waals surface area contributed by atoms with Gasteiger partial charge in [-0.2, -0.15) is 0 Å². The summed E-state index contributed by atoms with van der Waals surface area (Å²) < 4.78 is 5.39. The normalized spacial score (nSPS) is 10.9. The lowest BCUT2D eigenvalue weighted by molar-refractivity contribution is 0.507. The molecular weight excluding hydrogens is 272 g/mol. The third kappa shape index (κ3) is 2.37. The number of pyridine rings is 1. The van der Waals surface area contributed by atoms with Gasteiger partial charge in [-0.15, -0.1) is 11.6 Å². The van der Waals surface area contributed by atoms with Gasteiger partial charge in [-0.25, -0.2) is 4.98 Å². The van der Waals surface area contributed by atoms with Crippen LogP contribution in [0, 0.1) is 0 Å². The fourth-order valence-corrected chi connectivity index (χ4v) is 2.57. The fourth-order valence-electron chi connectivity index (χ4n) is 2.36. The van der Waals surface area contributed by atoms with E-state index in [9.17, 15) is 0 Å². The predicted octanol–water partition coefficient (Wildman–Crippen LogP) is 4.20. The Morgan fingerprint density at radius 2 is 1.95 bits per heavy atom. The second-order valence-electron chi connectivity index (χ2n) is 4.72. The zero-order valence-electron chi connectivity index (χ0n) is 11.2. The van der Waals surface area contributed by atoms with E-state index in [0.717, 1.165) is 27.9 Å². The molecule has 0 spiro atoms. The summed E-state index contributed by atoms with van der Waals surface area (Å²) in [6, 6.07) is 12.1. The highest BCUT2D eigenvalue weighted by molar-refractivity contribution is 6.18. The van der Waals surface area contributed by atoms with E-state index in [1.54, 1.807) is 6.26 Å². The minimum atomic E-state index is 0.468. The van der Waals surface area contributed by atoms with Gasteiger partial charge in [0.05, 0.1) is 12.8 Å². The van der Waals surface area contributed by atoms with E-state index in [0.29, 0.717) is 12.4 Å². The van der Waals surface area contributed by atoms with Crippen molar-refractivity contribution in [1.82, 2.24) is 4.98 Å². The standard InChI is InChI=1S/C16H15ClN2O/c1-19(11-13-5-4-8-20-13)16-15-7-3-2-6-14(15)12(9-17)10-18-16/h2-8,10H,9,11H2,1H3. The molecule has 102 valence electrons. The summed E-state index contributed by atoms with van der Waals surface area (Å²) in [5.74, 6) is 2.32. The lowest BCUT2D eigenvalue weighted by Gasteiger charge is -2.19. The van der Waals surface area contributed by atoms with Crippen LogP contribution in [-0.4, -0.2) is 12.0 Å². The van der Waals surface area contributed by atoms with Gasteiger partial charge in [0, 0.05) is 24.5 Å². The maximum absolute atomic E-state index is 5.98. The van der Waals surface area contributed by atoms with Crippen molar-refractivity contribution in [3.63, 3.8) is 0 Å². The number of fused-ring (bicyclic) bond motifs is 1. The second-order valence-corrected chi connectivity index (χ2v) is 4.99. The Kier molecular flexibility index (Phi) is 3.61. The SMILES string of the molecule is CN(Cc1ccco1)c1ncc(CCl)c2ccccc12. The van der Waals surface area contributed by atoms with E-state index < -0.39 is 0 Å². The molecule has 0 unspecified atom stereocenters. The van der Waals surface area contributed by atoms with Gasteiger partial charge in [-0.05, 0) is 23.1 Å². The van der Waals surface area contributed by atoms with Crippen LogP contribution in [0.2, 0.25) is 0 Å². The molecule has 0 amide bonds. The number of anilines is 1. The fraction of sp³-hybridized carbons (Fsp3) is 0.188. The predicted molar refractivity (Wildman–Crippen MR) is 82.1 cm³/mol. The summed E-state index contributed by atoms with van der Waals surface area (Å²) in [6.45, 7) is 0.685. The van der Waals surface area contributed by atoms with E-state index in [4.69, 9.17) is 16.0 Å². The maximum Gasteiger partial charge on any atom is 0.136 e. The largest absolute Gasteiger partial charge is 0.467 e. The van der Waals surface area contributed by atoms with Gasteiger partial charge in [-0.1, -0.05) is 24.3 Å². The molecule has 0 aliphatic rings. The zero-order chi connectivity index (χ0) is 13.9. The minimum absolute atomic E-state index is 0.468. The summed E-state index contributed by atoms with van der Waals surface area (Å²) in [4.78, 5) is 6.64. The Balaban J connectivity index is 2.03. The highest BCUT2D eigenvalue weighted by Crippen LogP contribution is 2.28. The summed E-state index contributed by atoms with van der Waals surface area (Å²) >= 11 is 5.98. The van der Waals surface area contributed by atoms with Crippen LogP contribution in [0.5, 0.6) is 0 Å². The van der Waals surface area contributed by atoms with Crippen LogP contribution in [0.15, 0.2) is 53.3 Å². The average Bonchev–Trinajstić information content (AvgIpc) is 2.99. The van der Waals surface area contributed by atoms with Crippen molar-refractivity contribution >= 4 is 28.2 Å². The van der Waals surface area contributed by atoms with Crippen LogP contribution in [0.4, 0.5) is 5.82 Å². The van der Waals surface area contributed by atoms with Crippen LogP contribution in [-0.2, 0) is 12.4 Å². The highest BCUT2D eigenvalue weighted by Gasteiger charge is 2.11. The molecule has 2 heterocycles. The molecule has 0 radical (unpaired) electrons. The number of halogens is 1. The molecule has 3 nitrogen and oxygen atoms in total. The van der Waals surface area contributed by atoms with Gasteiger partial charge in [0.1, 0.15) is 11.6 Å². The molecule has 3 rings (SSSR count). The topological polar surface area (TPSA) is 29.3 Å². The number of hydrogen-bond donors (Lipinski definition) is 0.